The Morgan fingerprint density at radius 2 is 0.890 bits per heavy atom. The average molecular weight is 1030 g/mol. The second kappa shape index (κ2) is 22.8. The number of aliphatic hydroxyl groups is 1. The third-order valence-corrected chi connectivity index (χ3v) is 16.1. The van der Waals surface area contributed by atoms with Crippen molar-refractivity contribution < 1.29 is 21.9 Å². The summed E-state index contributed by atoms with van der Waals surface area (Å²) in [5.41, 5.74) is 13.9. The Morgan fingerprint density at radius 3 is 1.32 bits per heavy atom. The van der Waals surface area contributed by atoms with Crippen LogP contribution in [0.5, 0.6) is 0 Å². The third kappa shape index (κ3) is 11.1. The zero-order chi connectivity index (χ0) is 51.7. The molecule has 0 atom stereocenters. The molecular weight excluding hydrogens is 972 g/mol. The largest absolute Gasteiger partial charge is 0.400 e. The Balaban J connectivity index is 0.000000147. The number of hydrogen-bond acceptors (Lipinski definition) is 8. The average Bonchev–Trinajstić information content (AvgIpc) is 4.22. The molecule has 11 rings (SSSR count). The SMILES string of the molecule is CCc1cccc(-c2ccnc3[nH]ccc23)c1.CCc1cccc(-c2ccnc3c2ccn3S(=O)(=O)c2ccc(C)cc2)c1.CO.Cc1ccc(S(=O)(=O)n2ccc3c(-c4cccc(CCl)c4)ccnc32)cc1. The normalized spacial score (nSPS) is 11.3. The number of fused-ring (bicyclic) bond motifs is 3. The molecule has 0 radical (unpaired) electrons. The molecule has 0 amide bonds. The molecule has 0 unspecified atom stereocenters. The summed E-state index contributed by atoms with van der Waals surface area (Å²) in [4.78, 5) is 16.7. The van der Waals surface area contributed by atoms with Crippen molar-refractivity contribution in [3.05, 3.63) is 223 Å². The maximum Gasteiger partial charge on any atom is 0.269 e. The van der Waals surface area contributed by atoms with Crippen molar-refractivity contribution in [2.24, 2.45) is 0 Å². The minimum Gasteiger partial charge on any atom is -0.400 e. The first kappa shape index (κ1) is 51.7. The highest BCUT2D eigenvalue weighted by Gasteiger charge is 2.22. The minimum absolute atomic E-state index is 0.238. The molecule has 0 aliphatic heterocycles. The van der Waals surface area contributed by atoms with E-state index in [1.807, 2.05) is 80.8 Å². The Morgan fingerprint density at radius 1 is 0.493 bits per heavy atom. The Bertz CT molecular complexity index is 3710. The van der Waals surface area contributed by atoms with E-state index < -0.39 is 20.0 Å². The number of benzene rings is 5. The Labute approximate surface area is 431 Å². The lowest BCUT2D eigenvalue weighted by atomic mass is 10.0. The van der Waals surface area contributed by atoms with E-state index in [-0.39, 0.29) is 9.79 Å². The Kier molecular flexibility index (Phi) is 16.1. The number of nitrogens with one attached hydrogen (secondary N) is 1. The molecular formula is C59H55ClN6O5S2. The second-order valence-electron chi connectivity index (χ2n) is 17.1. The topological polar surface area (TPSA) is 153 Å². The summed E-state index contributed by atoms with van der Waals surface area (Å²) < 4.78 is 54.8. The van der Waals surface area contributed by atoms with Gasteiger partial charge in [0, 0.05) is 66.3 Å². The van der Waals surface area contributed by atoms with E-state index in [0.717, 1.165) is 75.3 Å². The van der Waals surface area contributed by atoms with Crippen molar-refractivity contribution in [2.75, 3.05) is 7.11 Å². The van der Waals surface area contributed by atoms with Gasteiger partial charge >= 0.3 is 0 Å². The molecule has 2 N–H and O–H groups in total. The van der Waals surface area contributed by atoms with Gasteiger partial charge in [-0.05, 0) is 143 Å². The number of pyridine rings is 3. The fourth-order valence-corrected chi connectivity index (χ4v) is 11.3. The van der Waals surface area contributed by atoms with Crippen molar-refractivity contribution >= 4 is 64.7 Å². The van der Waals surface area contributed by atoms with Crippen LogP contribution < -0.4 is 0 Å². The van der Waals surface area contributed by atoms with Crippen LogP contribution in [0.3, 0.4) is 0 Å². The number of aromatic nitrogens is 6. The molecule has 0 aliphatic carbocycles. The van der Waals surface area contributed by atoms with Crippen LogP contribution in [0, 0.1) is 13.8 Å². The highest BCUT2D eigenvalue weighted by Crippen LogP contribution is 2.33. The van der Waals surface area contributed by atoms with E-state index in [0.29, 0.717) is 17.2 Å². The van der Waals surface area contributed by atoms with E-state index in [2.05, 4.69) is 82.3 Å². The highest BCUT2D eigenvalue weighted by atomic mass is 35.5. The summed E-state index contributed by atoms with van der Waals surface area (Å²) >= 11 is 5.95. The predicted octanol–water partition coefficient (Wildman–Crippen LogP) is 13.2. The molecule has 11 nitrogen and oxygen atoms in total. The van der Waals surface area contributed by atoms with Gasteiger partial charge in [-0.15, -0.1) is 11.6 Å². The van der Waals surface area contributed by atoms with Gasteiger partial charge in [0.05, 0.1) is 9.79 Å². The molecule has 0 bridgehead atoms. The summed E-state index contributed by atoms with van der Waals surface area (Å²) in [6.07, 6.45) is 12.2. The summed E-state index contributed by atoms with van der Waals surface area (Å²) in [5.74, 6) is 0.422. The van der Waals surface area contributed by atoms with Crippen LogP contribution >= 0.6 is 11.6 Å². The van der Waals surface area contributed by atoms with E-state index in [4.69, 9.17) is 16.7 Å². The number of aliphatic hydroxyl groups excluding tert-OH is 1. The minimum atomic E-state index is -3.72. The van der Waals surface area contributed by atoms with Gasteiger partial charge in [0.1, 0.15) is 5.65 Å². The van der Waals surface area contributed by atoms with Crippen molar-refractivity contribution in [3.8, 4) is 33.4 Å². The fourth-order valence-electron chi connectivity index (χ4n) is 8.52. The zero-order valence-corrected chi connectivity index (χ0v) is 43.5. The second-order valence-corrected chi connectivity index (χ2v) is 21.0. The van der Waals surface area contributed by atoms with Crippen molar-refractivity contribution in [1.82, 2.24) is 27.9 Å². The van der Waals surface area contributed by atoms with Crippen LogP contribution in [0.4, 0.5) is 0 Å². The maximum absolute atomic E-state index is 13.1. The molecule has 0 fully saturated rings. The standard InChI is InChI=1S/C22H20N2O2S.C21H17ClN2O2S.C15H14N2.CH4O/c1-3-17-5-4-6-18(15-17)20-11-13-23-22-21(20)12-14-24(22)27(25,26)19-9-7-16(2)8-10-19;1-15-5-7-18(8-6-15)27(25,26)24-12-10-20-19(9-11-23-21(20)24)17-4-2-3-16(13-17)14-22;1-2-11-4-3-5-12(10-11)13-6-8-16-15-14(13)7-9-17-15;1-2/h4-15H,3H2,1-2H3;2-13H,14H2,1H3;3-10H,2H2,1H3,(H,16,17);2H,1H3. The molecule has 73 heavy (non-hydrogen) atoms. The lowest BCUT2D eigenvalue weighted by Crippen LogP contribution is -2.12. The molecule has 14 heteroatoms. The highest BCUT2D eigenvalue weighted by molar-refractivity contribution is 7.90. The van der Waals surface area contributed by atoms with Crippen LogP contribution in [-0.2, 0) is 38.8 Å². The Hall–Kier alpha value is -7.68. The number of rotatable bonds is 10. The number of H-pyrrole nitrogens is 1. The lowest BCUT2D eigenvalue weighted by molar-refractivity contribution is 0.399. The molecule has 6 heterocycles. The van der Waals surface area contributed by atoms with Gasteiger partial charge < -0.3 is 10.1 Å². The van der Waals surface area contributed by atoms with E-state index in [1.54, 1.807) is 79.4 Å². The first-order chi connectivity index (χ1) is 35.4. The number of nitrogens with zero attached hydrogens (tertiary/aromatic N) is 5. The molecule has 0 aliphatic rings. The van der Waals surface area contributed by atoms with Crippen molar-refractivity contribution in [3.63, 3.8) is 0 Å². The summed E-state index contributed by atoms with van der Waals surface area (Å²) in [6.45, 7) is 8.15. The number of halogens is 1. The van der Waals surface area contributed by atoms with Crippen LogP contribution in [0.2, 0.25) is 0 Å². The number of aromatic amines is 1. The van der Waals surface area contributed by atoms with Gasteiger partial charge in [-0.1, -0.05) is 116 Å². The lowest BCUT2D eigenvalue weighted by Gasteiger charge is -2.09. The molecule has 0 saturated heterocycles. The van der Waals surface area contributed by atoms with Crippen LogP contribution in [0.25, 0.3) is 66.5 Å². The van der Waals surface area contributed by atoms with Gasteiger partial charge in [-0.3, -0.25) is 0 Å². The van der Waals surface area contributed by atoms with Crippen LogP contribution in [0.1, 0.15) is 41.7 Å². The summed E-state index contributed by atoms with van der Waals surface area (Å²) in [6, 6.07) is 50.1. The summed E-state index contributed by atoms with van der Waals surface area (Å²) in [7, 11) is -6.41. The molecule has 5 aromatic carbocycles. The summed E-state index contributed by atoms with van der Waals surface area (Å²) in [5, 5.41) is 9.78. The smallest absolute Gasteiger partial charge is 0.269 e. The first-order valence-corrected chi connectivity index (χ1v) is 27.1. The van der Waals surface area contributed by atoms with Crippen LogP contribution in [-0.4, -0.2) is 56.9 Å². The predicted molar refractivity (Wildman–Crippen MR) is 296 cm³/mol. The van der Waals surface area contributed by atoms with Crippen molar-refractivity contribution in [2.45, 2.75) is 56.2 Å². The molecule has 370 valence electrons. The van der Waals surface area contributed by atoms with Gasteiger partial charge in [-0.2, -0.15) is 0 Å². The van der Waals surface area contributed by atoms with E-state index in [1.165, 1.54) is 35.6 Å². The molecule has 0 saturated carbocycles. The first-order valence-electron chi connectivity index (χ1n) is 23.7. The van der Waals surface area contributed by atoms with Crippen LogP contribution in [0.15, 0.2) is 205 Å². The van der Waals surface area contributed by atoms with Gasteiger partial charge in [-0.25, -0.2) is 39.7 Å². The van der Waals surface area contributed by atoms with E-state index >= 15 is 0 Å². The maximum atomic E-state index is 13.1. The molecule has 11 aromatic rings. The fraction of sp³-hybridized carbons (Fsp3) is 0.136. The molecule has 0 spiro atoms. The third-order valence-electron chi connectivity index (χ3n) is 12.4. The quantitative estimate of drug-likeness (QED) is 0.128. The number of aryl methyl sites for hydroxylation is 4. The zero-order valence-electron chi connectivity index (χ0n) is 41.1. The number of alkyl halides is 1. The van der Waals surface area contributed by atoms with Gasteiger partial charge in [0.25, 0.3) is 20.0 Å². The van der Waals surface area contributed by atoms with Crippen molar-refractivity contribution in [1.29, 1.82) is 0 Å². The van der Waals surface area contributed by atoms with Gasteiger partial charge in [0.15, 0.2) is 11.3 Å². The van der Waals surface area contributed by atoms with Gasteiger partial charge in [0.2, 0.25) is 0 Å². The molecule has 6 aromatic heterocycles. The number of hydrogen-bond donors (Lipinski definition) is 2. The van der Waals surface area contributed by atoms with E-state index in [9.17, 15) is 16.8 Å². The monoisotopic (exact) mass is 1030 g/mol.